The van der Waals surface area contributed by atoms with Crippen molar-refractivity contribution >= 4 is 23.2 Å². The van der Waals surface area contributed by atoms with Crippen molar-refractivity contribution in [2.24, 2.45) is 0 Å². The second-order valence-corrected chi connectivity index (χ2v) is 6.43. The van der Waals surface area contributed by atoms with Gasteiger partial charge in [-0.25, -0.2) is 0 Å². The number of benzene rings is 2. The maximum atomic E-state index is 10.1. The van der Waals surface area contributed by atoms with Crippen molar-refractivity contribution in [3.63, 3.8) is 0 Å². The summed E-state index contributed by atoms with van der Waals surface area (Å²) in [5.74, 6) is 0.733. The summed E-state index contributed by atoms with van der Waals surface area (Å²) in [7, 11) is 0. The van der Waals surface area contributed by atoms with Crippen LogP contribution in [-0.4, -0.2) is 24.4 Å². The van der Waals surface area contributed by atoms with E-state index >= 15 is 0 Å². The molecule has 0 spiro atoms. The Kier molecular flexibility index (Phi) is 6.72. The molecule has 0 heterocycles. The first-order valence-corrected chi connectivity index (χ1v) is 8.27. The van der Waals surface area contributed by atoms with Gasteiger partial charge in [0.15, 0.2) is 0 Å². The van der Waals surface area contributed by atoms with Crippen molar-refractivity contribution in [2.45, 2.75) is 26.0 Å². The highest BCUT2D eigenvalue weighted by Gasteiger charge is 2.10. The number of aliphatic hydroxyl groups excluding tert-OH is 1. The number of rotatable bonds is 7. The molecule has 0 saturated carbocycles. The highest BCUT2D eigenvalue weighted by molar-refractivity contribution is 6.30. The zero-order valence-corrected chi connectivity index (χ0v) is 14.7. The molecule has 0 amide bonds. The minimum absolute atomic E-state index is 0.0978. The SMILES string of the molecule is Cc1cc(Cl)ccc1OCC(O)CNC(C)c1cccc(Cl)c1. The molecule has 2 aromatic rings. The molecule has 0 aliphatic heterocycles. The Balaban J connectivity index is 1.79. The van der Waals surface area contributed by atoms with E-state index in [-0.39, 0.29) is 12.6 Å². The first-order chi connectivity index (χ1) is 11.0. The lowest BCUT2D eigenvalue weighted by molar-refractivity contribution is 0.104. The smallest absolute Gasteiger partial charge is 0.122 e. The van der Waals surface area contributed by atoms with Crippen LogP contribution in [0.2, 0.25) is 10.0 Å². The largest absolute Gasteiger partial charge is 0.491 e. The van der Waals surface area contributed by atoms with Crippen molar-refractivity contribution in [1.29, 1.82) is 0 Å². The van der Waals surface area contributed by atoms with Gasteiger partial charge in [0.05, 0.1) is 0 Å². The summed E-state index contributed by atoms with van der Waals surface area (Å²) in [5, 5.41) is 14.7. The van der Waals surface area contributed by atoms with E-state index in [1.165, 1.54) is 0 Å². The Morgan fingerprint density at radius 2 is 1.87 bits per heavy atom. The minimum atomic E-state index is -0.605. The molecule has 2 aromatic carbocycles. The van der Waals surface area contributed by atoms with Crippen LogP contribution in [0.1, 0.15) is 24.1 Å². The van der Waals surface area contributed by atoms with Crippen LogP contribution in [0.3, 0.4) is 0 Å². The van der Waals surface area contributed by atoms with Gasteiger partial charge in [-0.2, -0.15) is 0 Å². The molecule has 0 fully saturated rings. The van der Waals surface area contributed by atoms with Crippen LogP contribution in [0.25, 0.3) is 0 Å². The quantitative estimate of drug-likeness (QED) is 0.775. The molecule has 0 saturated heterocycles. The normalized spacial score (nSPS) is 13.6. The third-order valence-corrected chi connectivity index (χ3v) is 4.05. The summed E-state index contributed by atoms with van der Waals surface area (Å²) >= 11 is 11.9. The molecule has 0 aromatic heterocycles. The van der Waals surface area contributed by atoms with E-state index in [0.717, 1.165) is 16.9 Å². The Labute approximate surface area is 147 Å². The Morgan fingerprint density at radius 1 is 1.13 bits per heavy atom. The van der Waals surface area contributed by atoms with Gasteiger partial charge in [-0.3, -0.25) is 0 Å². The van der Waals surface area contributed by atoms with E-state index in [9.17, 15) is 5.11 Å². The minimum Gasteiger partial charge on any atom is -0.491 e. The lowest BCUT2D eigenvalue weighted by atomic mass is 10.1. The van der Waals surface area contributed by atoms with Gasteiger partial charge in [-0.1, -0.05) is 35.3 Å². The van der Waals surface area contributed by atoms with Crippen LogP contribution in [-0.2, 0) is 0 Å². The molecule has 0 aliphatic rings. The van der Waals surface area contributed by atoms with Crippen LogP contribution >= 0.6 is 23.2 Å². The van der Waals surface area contributed by atoms with Crippen LogP contribution in [0, 0.1) is 6.92 Å². The van der Waals surface area contributed by atoms with E-state index in [1.54, 1.807) is 6.07 Å². The lowest BCUT2D eigenvalue weighted by Gasteiger charge is -2.18. The summed E-state index contributed by atoms with van der Waals surface area (Å²) < 4.78 is 5.64. The zero-order chi connectivity index (χ0) is 16.8. The molecular weight excluding hydrogens is 333 g/mol. The molecule has 2 rings (SSSR count). The second-order valence-electron chi connectivity index (χ2n) is 5.56. The van der Waals surface area contributed by atoms with Crippen molar-refractivity contribution in [1.82, 2.24) is 5.32 Å². The predicted molar refractivity (Wildman–Crippen MR) is 95.6 cm³/mol. The molecule has 5 heteroatoms. The van der Waals surface area contributed by atoms with Gasteiger partial charge in [0.25, 0.3) is 0 Å². The maximum Gasteiger partial charge on any atom is 0.122 e. The van der Waals surface area contributed by atoms with Crippen molar-refractivity contribution in [3.05, 3.63) is 63.6 Å². The summed E-state index contributed by atoms with van der Waals surface area (Å²) in [6.45, 7) is 4.60. The molecular formula is C18H21Cl2NO2. The van der Waals surface area contributed by atoms with Crippen LogP contribution in [0.4, 0.5) is 0 Å². The fourth-order valence-corrected chi connectivity index (χ4v) is 2.65. The topological polar surface area (TPSA) is 41.5 Å². The summed E-state index contributed by atoms with van der Waals surface area (Å²) in [5.41, 5.74) is 2.03. The molecule has 0 aliphatic carbocycles. The second kappa shape index (κ2) is 8.55. The van der Waals surface area contributed by atoms with Crippen molar-refractivity contribution in [2.75, 3.05) is 13.2 Å². The highest BCUT2D eigenvalue weighted by atomic mass is 35.5. The fourth-order valence-electron chi connectivity index (χ4n) is 2.23. The zero-order valence-electron chi connectivity index (χ0n) is 13.2. The third kappa shape index (κ3) is 5.70. The first-order valence-electron chi connectivity index (χ1n) is 7.51. The third-order valence-electron chi connectivity index (χ3n) is 3.58. The standard InChI is InChI=1S/C18H21Cl2NO2/c1-12-8-16(20)6-7-18(12)23-11-17(22)10-21-13(2)14-4-3-5-15(19)9-14/h3-9,13,17,21-22H,10-11H2,1-2H3. The number of hydrogen-bond donors (Lipinski definition) is 2. The number of aryl methyl sites for hydroxylation is 1. The predicted octanol–water partition coefficient (Wildman–Crippen LogP) is 4.39. The number of aliphatic hydroxyl groups is 1. The van der Waals surface area contributed by atoms with Gasteiger partial charge < -0.3 is 15.2 Å². The van der Waals surface area contributed by atoms with Crippen LogP contribution in [0.5, 0.6) is 5.75 Å². The molecule has 23 heavy (non-hydrogen) atoms. The summed E-state index contributed by atoms with van der Waals surface area (Å²) in [6, 6.07) is 13.2. The maximum absolute atomic E-state index is 10.1. The van der Waals surface area contributed by atoms with Gasteiger partial charge >= 0.3 is 0 Å². The van der Waals surface area contributed by atoms with Crippen molar-refractivity contribution in [3.8, 4) is 5.75 Å². The summed E-state index contributed by atoms with van der Waals surface area (Å²) in [4.78, 5) is 0. The lowest BCUT2D eigenvalue weighted by Crippen LogP contribution is -2.33. The molecule has 0 radical (unpaired) electrons. The van der Waals surface area contributed by atoms with Gasteiger partial charge in [-0.05, 0) is 55.3 Å². The Hall–Kier alpha value is -1.26. The summed E-state index contributed by atoms with van der Waals surface area (Å²) in [6.07, 6.45) is -0.605. The number of ether oxygens (including phenoxy) is 1. The number of halogens is 2. The van der Waals surface area contributed by atoms with Crippen LogP contribution in [0.15, 0.2) is 42.5 Å². The van der Waals surface area contributed by atoms with Gasteiger partial charge in [-0.15, -0.1) is 0 Å². The number of hydrogen-bond acceptors (Lipinski definition) is 3. The van der Waals surface area contributed by atoms with Gasteiger partial charge in [0, 0.05) is 22.6 Å². The average molecular weight is 354 g/mol. The van der Waals surface area contributed by atoms with Gasteiger partial charge in [0.1, 0.15) is 18.5 Å². The average Bonchev–Trinajstić information content (AvgIpc) is 2.51. The number of nitrogens with one attached hydrogen (secondary N) is 1. The van der Waals surface area contributed by atoms with E-state index in [0.29, 0.717) is 16.6 Å². The van der Waals surface area contributed by atoms with Crippen LogP contribution < -0.4 is 10.1 Å². The molecule has 2 unspecified atom stereocenters. The Morgan fingerprint density at radius 3 is 2.57 bits per heavy atom. The fraction of sp³-hybridized carbons (Fsp3) is 0.333. The monoisotopic (exact) mass is 353 g/mol. The molecule has 0 bridgehead atoms. The van der Waals surface area contributed by atoms with E-state index in [2.05, 4.69) is 5.32 Å². The highest BCUT2D eigenvalue weighted by Crippen LogP contribution is 2.22. The molecule has 3 nitrogen and oxygen atoms in total. The molecule has 2 N–H and O–H groups in total. The first kappa shape index (κ1) is 18.1. The van der Waals surface area contributed by atoms with E-state index in [1.807, 2.05) is 50.2 Å². The Bertz CT molecular complexity index is 649. The van der Waals surface area contributed by atoms with Gasteiger partial charge in [0.2, 0.25) is 0 Å². The molecule has 124 valence electrons. The molecule has 2 atom stereocenters. The van der Waals surface area contributed by atoms with E-state index in [4.69, 9.17) is 27.9 Å². The van der Waals surface area contributed by atoms with E-state index < -0.39 is 6.10 Å². The van der Waals surface area contributed by atoms with Crippen molar-refractivity contribution < 1.29 is 9.84 Å².